The normalized spacial score (nSPS) is 11.4. The van der Waals surface area contributed by atoms with E-state index < -0.39 is 0 Å². The van der Waals surface area contributed by atoms with Gasteiger partial charge in [-0.05, 0) is 25.3 Å². The highest BCUT2D eigenvalue weighted by Gasteiger charge is 2.03. The van der Waals surface area contributed by atoms with Gasteiger partial charge in [0.25, 0.3) is 0 Å². The lowest BCUT2D eigenvalue weighted by molar-refractivity contribution is 0.222. The fourth-order valence-corrected chi connectivity index (χ4v) is 1.51. The van der Waals surface area contributed by atoms with Gasteiger partial charge in [-0.15, -0.1) is 11.3 Å². The Morgan fingerprint density at radius 2 is 2.31 bits per heavy atom. The van der Waals surface area contributed by atoms with Gasteiger partial charge < -0.3 is 9.47 Å². The predicted molar refractivity (Wildman–Crippen MR) is 54.2 cm³/mol. The van der Waals surface area contributed by atoms with Crippen molar-refractivity contribution >= 4 is 17.1 Å². The van der Waals surface area contributed by atoms with Crippen LogP contribution in [0, 0.1) is 6.26 Å². The molecule has 1 rings (SSSR count). The van der Waals surface area contributed by atoms with Gasteiger partial charge in [0.05, 0.1) is 18.1 Å². The molecule has 0 aliphatic heterocycles. The Balaban J connectivity index is 2.68. The first kappa shape index (κ1) is 10.1. The van der Waals surface area contributed by atoms with E-state index in [1.165, 1.54) is 0 Å². The van der Waals surface area contributed by atoms with Crippen LogP contribution in [0.2, 0.25) is 0 Å². The third kappa shape index (κ3) is 3.11. The Morgan fingerprint density at radius 3 is 2.85 bits per heavy atom. The minimum absolute atomic E-state index is 0.613. The van der Waals surface area contributed by atoms with Gasteiger partial charge in [0.15, 0.2) is 5.76 Å². The van der Waals surface area contributed by atoms with Gasteiger partial charge in [-0.1, -0.05) is 6.07 Å². The fourth-order valence-electron chi connectivity index (χ4n) is 0.841. The van der Waals surface area contributed by atoms with Crippen molar-refractivity contribution in [2.45, 2.75) is 13.8 Å². The summed E-state index contributed by atoms with van der Waals surface area (Å²) in [6, 6.07) is 3.97. The van der Waals surface area contributed by atoms with Crippen LogP contribution in [0.15, 0.2) is 17.5 Å². The Hall–Kier alpha value is -0.960. The molecule has 1 aromatic rings. The van der Waals surface area contributed by atoms with E-state index in [0.29, 0.717) is 19.0 Å². The topological polar surface area (TPSA) is 18.5 Å². The maximum absolute atomic E-state index is 5.38. The maximum atomic E-state index is 5.38. The summed E-state index contributed by atoms with van der Waals surface area (Å²) in [5.41, 5.74) is 0. The van der Waals surface area contributed by atoms with Gasteiger partial charge in [0.2, 0.25) is 6.26 Å². The van der Waals surface area contributed by atoms with Gasteiger partial charge >= 0.3 is 0 Å². The van der Waals surface area contributed by atoms with E-state index in [9.17, 15) is 0 Å². The van der Waals surface area contributed by atoms with Gasteiger partial charge in [-0.25, -0.2) is 0 Å². The second kappa shape index (κ2) is 5.65. The largest absolute Gasteiger partial charge is 0.488 e. The molecule has 0 spiro atoms. The van der Waals surface area contributed by atoms with Gasteiger partial charge in [-0.3, -0.25) is 0 Å². The summed E-state index contributed by atoms with van der Waals surface area (Å²) in [4.78, 5) is 1.05. The second-order valence-electron chi connectivity index (χ2n) is 2.27. The molecule has 71 valence electrons. The smallest absolute Gasteiger partial charge is 0.209 e. The standard InChI is InChI=1S/C10H13O2S/c1-3-11-8-9(12-4-2)10-6-5-7-13-10/h5-7H,3-4H2,1-2H3. The minimum Gasteiger partial charge on any atom is -0.488 e. The van der Waals surface area contributed by atoms with Crippen molar-refractivity contribution in [3.05, 3.63) is 28.7 Å². The fraction of sp³-hybridized carbons (Fsp3) is 0.400. The van der Waals surface area contributed by atoms with Gasteiger partial charge in [-0.2, -0.15) is 0 Å². The lowest BCUT2D eigenvalue weighted by Gasteiger charge is -2.04. The summed E-state index contributed by atoms with van der Waals surface area (Å²) in [7, 11) is 0. The molecule has 0 saturated heterocycles. The van der Waals surface area contributed by atoms with Crippen LogP contribution in [0.3, 0.4) is 0 Å². The second-order valence-corrected chi connectivity index (χ2v) is 3.22. The molecular weight excluding hydrogens is 184 g/mol. The number of hydrogen-bond acceptors (Lipinski definition) is 3. The van der Waals surface area contributed by atoms with Crippen molar-refractivity contribution in [1.29, 1.82) is 0 Å². The van der Waals surface area contributed by atoms with Crippen molar-refractivity contribution in [3.63, 3.8) is 0 Å². The number of ether oxygens (including phenoxy) is 2. The van der Waals surface area contributed by atoms with Crippen LogP contribution in [0.4, 0.5) is 0 Å². The van der Waals surface area contributed by atoms with Crippen LogP contribution < -0.4 is 0 Å². The lowest BCUT2D eigenvalue weighted by Crippen LogP contribution is -1.91. The molecule has 0 bridgehead atoms. The van der Waals surface area contributed by atoms with Crippen molar-refractivity contribution < 1.29 is 9.47 Å². The molecule has 0 atom stereocenters. The van der Waals surface area contributed by atoms with Crippen LogP contribution in [-0.4, -0.2) is 13.2 Å². The van der Waals surface area contributed by atoms with E-state index in [1.54, 1.807) is 11.3 Å². The molecule has 0 aliphatic rings. The predicted octanol–water partition coefficient (Wildman–Crippen LogP) is 2.92. The quantitative estimate of drug-likeness (QED) is 0.676. The first-order valence-electron chi connectivity index (χ1n) is 4.29. The lowest BCUT2D eigenvalue weighted by atomic mass is 10.4. The van der Waals surface area contributed by atoms with E-state index in [1.807, 2.05) is 31.4 Å². The van der Waals surface area contributed by atoms with Crippen molar-refractivity contribution in [2.75, 3.05) is 13.2 Å². The molecule has 0 N–H and O–H groups in total. The molecule has 0 saturated carbocycles. The molecular formula is C10H13O2S. The third-order valence-electron chi connectivity index (χ3n) is 1.34. The average molecular weight is 197 g/mol. The highest BCUT2D eigenvalue weighted by Crippen LogP contribution is 2.20. The van der Waals surface area contributed by atoms with Gasteiger partial charge in [0.1, 0.15) is 0 Å². The maximum Gasteiger partial charge on any atom is 0.209 e. The Bertz CT molecular complexity index is 252. The van der Waals surface area contributed by atoms with Crippen molar-refractivity contribution in [2.24, 2.45) is 0 Å². The van der Waals surface area contributed by atoms with Crippen LogP contribution in [0.1, 0.15) is 18.7 Å². The highest BCUT2D eigenvalue weighted by atomic mass is 32.1. The summed E-state index contributed by atoms with van der Waals surface area (Å²) >= 11 is 1.62. The zero-order valence-corrected chi connectivity index (χ0v) is 8.69. The highest BCUT2D eigenvalue weighted by molar-refractivity contribution is 7.11. The Labute approximate surface area is 82.8 Å². The zero-order valence-electron chi connectivity index (χ0n) is 7.87. The molecule has 1 radical (unpaired) electrons. The van der Waals surface area contributed by atoms with Crippen molar-refractivity contribution in [1.82, 2.24) is 0 Å². The molecule has 0 fully saturated rings. The monoisotopic (exact) mass is 197 g/mol. The molecule has 0 aliphatic carbocycles. The van der Waals surface area contributed by atoms with Gasteiger partial charge in [0, 0.05) is 0 Å². The molecule has 3 heteroatoms. The Morgan fingerprint density at radius 1 is 1.46 bits per heavy atom. The van der Waals surface area contributed by atoms with Crippen molar-refractivity contribution in [3.8, 4) is 0 Å². The molecule has 13 heavy (non-hydrogen) atoms. The first-order chi connectivity index (χ1) is 6.38. The summed E-state index contributed by atoms with van der Waals surface area (Å²) in [5.74, 6) is 0.694. The van der Waals surface area contributed by atoms with Crippen LogP contribution in [0.25, 0.3) is 5.76 Å². The van der Waals surface area contributed by atoms with E-state index >= 15 is 0 Å². The van der Waals surface area contributed by atoms with Crippen LogP contribution in [0.5, 0.6) is 0 Å². The Kier molecular flexibility index (Phi) is 4.40. The number of thiophene rings is 1. The molecule has 0 amide bonds. The zero-order chi connectivity index (χ0) is 9.52. The summed E-state index contributed by atoms with van der Waals surface area (Å²) < 4.78 is 10.4. The van der Waals surface area contributed by atoms with Crippen LogP contribution >= 0.6 is 11.3 Å². The SMILES string of the molecule is CCO[C]=C(OCC)c1cccs1. The molecule has 2 nitrogen and oxygen atoms in total. The van der Waals surface area contributed by atoms with Crippen LogP contribution in [-0.2, 0) is 9.47 Å². The minimum atomic E-state index is 0.613. The molecule has 1 heterocycles. The molecule has 1 aromatic heterocycles. The summed E-state index contributed by atoms with van der Waals surface area (Å²) in [5, 5.41) is 2.00. The van der Waals surface area contributed by atoms with E-state index in [0.717, 1.165) is 4.88 Å². The third-order valence-corrected chi connectivity index (χ3v) is 2.21. The number of hydrogen-bond donors (Lipinski definition) is 0. The van der Waals surface area contributed by atoms with E-state index in [-0.39, 0.29) is 0 Å². The summed E-state index contributed by atoms with van der Waals surface area (Å²) in [6.07, 6.45) is 2.78. The first-order valence-corrected chi connectivity index (χ1v) is 5.17. The summed E-state index contributed by atoms with van der Waals surface area (Å²) in [6.45, 7) is 5.11. The number of rotatable bonds is 5. The van der Waals surface area contributed by atoms with E-state index in [4.69, 9.17) is 9.47 Å². The van der Waals surface area contributed by atoms with E-state index in [2.05, 4.69) is 6.26 Å². The molecule has 0 unspecified atom stereocenters. The molecule has 0 aromatic carbocycles. The average Bonchev–Trinajstić information content (AvgIpc) is 2.65.